The highest BCUT2D eigenvalue weighted by Gasteiger charge is 2.22. The second kappa shape index (κ2) is 11.8. The number of nitrogens with one attached hydrogen (secondary N) is 1. The largest absolute Gasteiger partial charge is 0.496 e. The summed E-state index contributed by atoms with van der Waals surface area (Å²) in [6, 6.07) is 9.16. The van der Waals surface area contributed by atoms with Crippen molar-refractivity contribution in [3.8, 4) is 11.5 Å². The number of carbonyl (C=O) groups is 1. The number of carbonyl (C=O) groups excluding carboxylic acids is 1. The standard InChI is InChI=1S/C22H20Br3N5O5/c1-12-21(30(32)33)13(2)29(28-12)10-20(31)27-26-9-14-4-5-19(34-3)15(6-14)11-35-22-17(24)7-16(23)8-18(22)25/h4-9H,10-11H2,1-3H3,(H,27,31)/b26-9+. The molecule has 1 heterocycles. The first-order chi connectivity index (χ1) is 16.6. The molecular weight excluding hydrogens is 654 g/mol. The average Bonchev–Trinajstić information content (AvgIpc) is 3.05. The van der Waals surface area contributed by atoms with Crippen molar-refractivity contribution in [2.24, 2.45) is 5.10 Å². The van der Waals surface area contributed by atoms with Crippen molar-refractivity contribution in [2.45, 2.75) is 27.0 Å². The van der Waals surface area contributed by atoms with Crippen LogP contribution in [0.4, 0.5) is 5.69 Å². The minimum atomic E-state index is -0.511. The van der Waals surface area contributed by atoms with Gasteiger partial charge in [-0.1, -0.05) is 15.9 Å². The molecule has 35 heavy (non-hydrogen) atoms. The Bertz CT molecular complexity index is 1290. The molecule has 0 spiro atoms. The van der Waals surface area contributed by atoms with Gasteiger partial charge in [-0.05, 0) is 81.6 Å². The van der Waals surface area contributed by atoms with Gasteiger partial charge in [0.25, 0.3) is 5.91 Å². The number of nitro groups is 1. The number of benzene rings is 2. The maximum Gasteiger partial charge on any atom is 0.312 e. The third kappa shape index (κ3) is 6.67. The van der Waals surface area contributed by atoms with E-state index in [4.69, 9.17) is 9.47 Å². The molecule has 0 saturated heterocycles. The lowest BCUT2D eigenvalue weighted by atomic mass is 10.1. The van der Waals surface area contributed by atoms with E-state index in [9.17, 15) is 14.9 Å². The molecule has 0 saturated carbocycles. The molecule has 184 valence electrons. The van der Waals surface area contributed by atoms with Crippen LogP contribution >= 0.6 is 47.8 Å². The number of amides is 1. The van der Waals surface area contributed by atoms with Crippen LogP contribution in [0.1, 0.15) is 22.5 Å². The zero-order valence-electron chi connectivity index (χ0n) is 18.8. The Balaban J connectivity index is 1.67. The van der Waals surface area contributed by atoms with Crippen LogP contribution in [0, 0.1) is 24.0 Å². The molecule has 0 aliphatic heterocycles. The summed E-state index contributed by atoms with van der Waals surface area (Å²) >= 11 is 10.4. The van der Waals surface area contributed by atoms with Crippen molar-refractivity contribution >= 4 is 65.6 Å². The fourth-order valence-corrected chi connectivity index (χ4v) is 5.75. The maximum absolute atomic E-state index is 12.3. The summed E-state index contributed by atoms with van der Waals surface area (Å²) in [7, 11) is 1.57. The van der Waals surface area contributed by atoms with Crippen LogP contribution in [0.5, 0.6) is 11.5 Å². The molecule has 0 fully saturated rings. The van der Waals surface area contributed by atoms with Crippen LogP contribution in [-0.2, 0) is 17.9 Å². The lowest BCUT2D eigenvalue weighted by Crippen LogP contribution is -2.24. The number of ether oxygens (including phenoxy) is 2. The van der Waals surface area contributed by atoms with Crippen molar-refractivity contribution in [2.75, 3.05) is 7.11 Å². The van der Waals surface area contributed by atoms with Gasteiger partial charge >= 0.3 is 5.69 Å². The second-order valence-corrected chi connectivity index (χ2v) is 9.91. The van der Waals surface area contributed by atoms with Crippen molar-refractivity contribution in [3.05, 3.63) is 76.4 Å². The Morgan fingerprint density at radius 2 is 1.91 bits per heavy atom. The quantitative estimate of drug-likeness (QED) is 0.184. The van der Waals surface area contributed by atoms with Gasteiger partial charge < -0.3 is 9.47 Å². The molecular formula is C22H20Br3N5O5. The van der Waals surface area contributed by atoms with Gasteiger partial charge in [-0.15, -0.1) is 0 Å². The molecule has 3 aromatic rings. The Labute approximate surface area is 226 Å². The van der Waals surface area contributed by atoms with E-state index in [1.165, 1.54) is 17.8 Å². The zero-order valence-corrected chi connectivity index (χ0v) is 23.6. The maximum atomic E-state index is 12.3. The van der Waals surface area contributed by atoms with Crippen LogP contribution in [0.15, 0.2) is 48.9 Å². The third-order valence-electron chi connectivity index (χ3n) is 4.86. The monoisotopic (exact) mass is 671 g/mol. The van der Waals surface area contributed by atoms with Crippen molar-refractivity contribution < 1.29 is 19.2 Å². The lowest BCUT2D eigenvalue weighted by Gasteiger charge is -2.13. The zero-order chi connectivity index (χ0) is 25.7. The smallest absolute Gasteiger partial charge is 0.312 e. The summed E-state index contributed by atoms with van der Waals surface area (Å²) in [6.07, 6.45) is 1.48. The van der Waals surface area contributed by atoms with Crippen LogP contribution in [0.3, 0.4) is 0 Å². The van der Waals surface area contributed by atoms with E-state index in [2.05, 4.69) is 63.4 Å². The molecule has 1 N–H and O–H groups in total. The number of hydrazone groups is 1. The Kier molecular flexibility index (Phi) is 9.03. The summed E-state index contributed by atoms with van der Waals surface area (Å²) in [6.45, 7) is 3.10. The Hall–Kier alpha value is -2.77. The van der Waals surface area contributed by atoms with Crippen LogP contribution in [0.2, 0.25) is 0 Å². The van der Waals surface area contributed by atoms with Gasteiger partial charge in [-0.3, -0.25) is 19.6 Å². The molecule has 3 rings (SSSR count). The number of hydrogen-bond acceptors (Lipinski definition) is 7. The average molecular weight is 674 g/mol. The van der Waals surface area contributed by atoms with Crippen LogP contribution in [-0.4, -0.2) is 33.9 Å². The topological polar surface area (TPSA) is 121 Å². The van der Waals surface area contributed by atoms with E-state index < -0.39 is 10.8 Å². The van der Waals surface area contributed by atoms with E-state index in [0.29, 0.717) is 22.8 Å². The van der Waals surface area contributed by atoms with Gasteiger partial charge in [-0.25, -0.2) is 5.43 Å². The molecule has 0 unspecified atom stereocenters. The van der Waals surface area contributed by atoms with Crippen LogP contribution in [0.25, 0.3) is 0 Å². The van der Waals surface area contributed by atoms with E-state index in [1.54, 1.807) is 26.2 Å². The Morgan fingerprint density at radius 3 is 2.51 bits per heavy atom. The van der Waals surface area contributed by atoms with E-state index in [0.717, 1.165) is 19.0 Å². The summed E-state index contributed by atoms with van der Waals surface area (Å²) in [4.78, 5) is 22.9. The predicted octanol–water partition coefficient (Wildman–Crippen LogP) is 5.43. The number of nitrogens with zero attached hydrogens (tertiary/aromatic N) is 4. The predicted molar refractivity (Wildman–Crippen MR) is 141 cm³/mol. The highest BCUT2D eigenvalue weighted by molar-refractivity contribution is 9.11. The van der Waals surface area contributed by atoms with Gasteiger partial charge in [-0.2, -0.15) is 10.2 Å². The number of halogens is 3. The number of aromatic nitrogens is 2. The molecule has 13 heteroatoms. The Morgan fingerprint density at radius 1 is 1.23 bits per heavy atom. The second-order valence-electron chi connectivity index (χ2n) is 7.29. The van der Waals surface area contributed by atoms with Gasteiger partial charge in [0.05, 0.1) is 27.2 Å². The summed E-state index contributed by atoms with van der Waals surface area (Å²) in [5.74, 6) is 0.816. The molecule has 10 nitrogen and oxygen atoms in total. The molecule has 0 aliphatic carbocycles. The van der Waals surface area contributed by atoms with Crippen molar-refractivity contribution in [1.82, 2.24) is 15.2 Å². The first-order valence-corrected chi connectivity index (χ1v) is 12.4. The summed E-state index contributed by atoms with van der Waals surface area (Å²) in [5.41, 5.74) is 4.35. The third-order valence-corrected chi connectivity index (χ3v) is 6.50. The molecule has 1 amide bonds. The van der Waals surface area contributed by atoms with Gasteiger partial charge in [0.1, 0.15) is 36.0 Å². The minimum Gasteiger partial charge on any atom is -0.496 e. The fourth-order valence-electron chi connectivity index (χ4n) is 3.26. The highest BCUT2D eigenvalue weighted by atomic mass is 79.9. The number of rotatable bonds is 9. The molecule has 2 aromatic carbocycles. The first-order valence-electron chi connectivity index (χ1n) is 10.0. The SMILES string of the molecule is COc1ccc(/C=N/NC(=O)Cn2nc(C)c([N+](=O)[O-])c2C)cc1COc1c(Br)cc(Br)cc1Br. The van der Waals surface area contributed by atoms with Crippen LogP contribution < -0.4 is 14.9 Å². The first kappa shape index (κ1) is 26.8. The van der Waals surface area contributed by atoms with E-state index in [-0.39, 0.29) is 24.5 Å². The molecule has 1 aromatic heterocycles. The molecule has 0 aliphatic rings. The molecule has 0 bridgehead atoms. The summed E-state index contributed by atoms with van der Waals surface area (Å²) < 4.78 is 15.2. The minimum absolute atomic E-state index is 0.100. The summed E-state index contributed by atoms with van der Waals surface area (Å²) in [5, 5.41) is 19.2. The van der Waals surface area contributed by atoms with Gasteiger partial charge in [0.2, 0.25) is 0 Å². The van der Waals surface area contributed by atoms with E-state index >= 15 is 0 Å². The molecule has 0 atom stereocenters. The highest BCUT2D eigenvalue weighted by Crippen LogP contribution is 2.37. The van der Waals surface area contributed by atoms with Crippen molar-refractivity contribution in [3.63, 3.8) is 0 Å². The molecule has 0 radical (unpaired) electrons. The van der Waals surface area contributed by atoms with Gasteiger partial charge in [0, 0.05) is 10.0 Å². The fraction of sp³-hybridized carbons (Fsp3) is 0.227. The van der Waals surface area contributed by atoms with E-state index in [1.807, 2.05) is 18.2 Å². The number of hydrogen-bond donors (Lipinski definition) is 1. The van der Waals surface area contributed by atoms with Crippen molar-refractivity contribution in [1.29, 1.82) is 0 Å². The lowest BCUT2D eigenvalue weighted by molar-refractivity contribution is -0.386. The number of methoxy groups -OCH3 is 1. The normalized spacial score (nSPS) is 11.0. The van der Waals surface area contributed by atoms with Gasteiger partial charge in [0.15, 0.2) is 0 Å². The number of aryl methyl sites for hydroxylation is 1.